The molecule has 2 aromatic rings. The molecule has 4 nitrogen and oxygen atoms in total. The fourth-order valence-electron chi connectivity index (χ4n) is 2.04. The zero-order chi connectivity index (χ0) is 14.5. The molecule has 106 valence electrons. The Hall–Kier alpha value is -1.88. The van der Waals surface area contributed by atoms with Gasteiger partial charge in [-0.1, -0.05) is 12.1 Å². The summed E-state index contributed by atoms with van der Waals surface area (Å²) in [5.41, 5.74) is 1.90. The standard InChI is InChI=1S/C15H17NO3S/c1-10-9-20-14(16-10)8-12(15(17)18)6-11-4-3-5-13(7-11)19-2/h3-5,7,9,12H,6,8H2,1-2H3,(H,17,18). The first kappa shape index (κ1) is 14.5. The Labute approximate surface area is 122 Å². The summed E-state index contributed by atoms with van der Waals surface area (Å²) in [5.74, 6) is -0.509. The second-order valence-electron chi connectivity index (χ2n) is 4.68. The first-order chi connectivity index (χ1) is 9.58. The Morgan fingerprint density at radius 3 is 2.85 bits per heavy atom. The summed E-state index contributed by atoms with van der Waals surface area (Å²) in [4.78, 5) is 15.8. The largest absolute Gasteiger partial charge is 0.497 e. The van der Waals surface area contributed by atoms with Gasteiger partial charge in [0.25, 0.3) is 0 Å². The molecule has 1 atom stereocenters. The summed E-state index contributed by atoms with van der Waals surface area (Å²) in [6, 6.07) is 7.53. The van der Waals surface area contributed by atoms with Crippen LogP contribution < -0.4 is 4.74 Å². The lowest BCUT2D eigenvalue weighted by atomic mass is 9.96. The number of aromatic nitrogens is 1. The quantitative estimate of drug-likeness (QED) is 0.889. The molecule has 1 N–H and O–H groups in total. The minimum Gasteiger partial charge on any atom is -0.497 e. The van der Waals surface area contributed by atoms with E-state index < -0.39 is 11.9 Å². The Kier molecular flexibility index (Phi) is 4.74. The van der Waals surface area contributed by atoms with Crippen LogP contribution in [0.1, 0.15) is 16.3 Å². The number of carboxylic acids is 1. The van der Waals surface area contributed by atoms with E-state index in [-0.39, 0.29) is 0 Å². The van der Waals surface area contributed by atoms with Gasteiger partial charge in [0.1, 0.15) is 5.75 Å². The van der Waals surface area contributed by atoms with Crippen LogP contribution in [0, 0.1) is 12.8 Å². The van der Waals surface area contributed by atoms with E-state index in [2.05, 4.69) is 4.98 Å². The van der Waals surface area contributed by atoms with Crippen molar-refractivity contribution in [2.24, 2.45) is 5.92 Å². The first-order valence-corrected chi connectivity index (χ1v) is 7.23. The summed E-state index contributed by atoms with van der Waals surface area (Å²) in [5, 5.41) is 12.2. The van der Waals surface area contributed by atoms with Crippen molar-refractivity contribution < 1.29 is 14.6 Å². The van der Waals surface area contributed by atoms with Gasteiger partial charge in [-0.05, 0) is 31.0 Å². The van der Waals surface area contributed by atoms with Crippen molar-refractivity contribution >= 4 is 17.3 Å². The zero-order valence-corrected chi connectivity index (χ0v) is 12.3. The molecule has 0 spiro atoms. The van der Waals surface area contributed by atoms with E-state index >= 15 is 0 Å². The molecule has 2 rings (SSSR count). The van der Waals surface area contributed by atoms with Gasteiger partial charge in [-0.15, -0.1) is 11.3 Å². The maximum atomic E-state index is 11.4. The second-order valence-corrected chi connectivity index (χ2v) is 5.62. The number of thiazole rings is 1. The van der Waals surface area contributed by atoms with Gasteiger partial charge >= 0.3 is 5.97 Å². The minimum atomic E-state index is -0.791. The number of aryl methyl sites for hydroxylation is 1. The minimum absolute atomic E-state index is 0.463. The monoisotopic (exact) mass is 291 g/mol. The highest BCUT2D eigenvalue weighted by atomic mass is 32.1. The van der Waals surface area contributed by atoms with E-state index in [4.69, 9.17) is 4.74 Å². The van der Waals surface area contributed by atoms with Gasteiger partial charge in [0.2, 0.25) is 0 Å². The van der Waals surface area contributed by atoms with E-state index in [0.717, 1.165) is 22.0 Å². The highest BCUT2D eigenvalue weighted by Gasteiger charge is 2.20. The van der Waals surface area contributed by atoms with Crippen molar-refractivity contribution in [3.05, 3.63) is 45.9 Å². The predicted octanol–water partition coefficient (Wildman–Crippen LogP) is 2.95. The first-order valence-electron chi connectivity index (χ1n) is 6.35. The normalized spacial score (nSPS) is 12.1. The average molecular weight is 291 g/mol. The topological polar surface area (TPSA) is 59.4 Å². The maximum Gasteiger partial charge on any atom is 0.307 e. The number of carbonyl (C=O) groups is 1. The maximum absolute atomic E-state index is 11.4. The highest BCUT2D eigenvalue weighted by molar-refractivity contribution is 7.09. The van der Waals surface area contributed by atoms with Crippen LogP contribution in [0.5, 0.6) is 5.75 Å². The fourth-order valence-corrected chi connectivity index (χ4v) is 2.89. The van der Waals surface area contributed by atoms with Gasteiger partial charge in [0, 0.05) is 17.5 Å². The average Bonchev–Trinajstić information content (AvgIpc) is 2.83. The number of hydrogen-bond acceptors (Lipinski definition) is 4. The van der Waals surface area contributed by atoms with Crippen LogP contribution in [-0.2, 0) is 17.6 Å². The fraction of sp³-hybridized carbons (Fsp3) is 0.333. The Bertz CT molecular complexity index is 594. The molecule has 0 aliphatic carbocycles. The molecule has 0 fully saturated rings. The number of ether oxygens (including phenoxy) is 1. The van der Waals surface area contributed by atoms with Crippen LogP contribution >= 0.6 is 11.3 Å². The molecule has 1 unspecified atom stereocenters. The smallest absolute Gasteiger partial charge is 0.307 e. The molecule has 0 radical (unpaired) electrons. The van der Waals surface area contributed by atoms with Crippen molar-refractivity contribution in [3.8, 4) is 5.75 Å². The van der Waals surface area contributed by atoms with Crippen molar-refractivity contribution in [1.82, 2.24) is 4.98 Å². The molecular weight excluding hydrogens is 274 g/mol. The van der Waals surface area contributed by atoms with Crippen molar-refractivity contribution in [2.75, 3.05) is 7.11 Å². The molecule has 0 saturated carbocycles. The van der Waals surface area contributed by atoms with E-state index in [0.29, 0.717) is 12.8 Å². The molecule has 0 saturated heterocycles. The van der Waals surface area contributed by atoms with E-state index in [9.17, 15) is 9.90 Å². The second kappa shape index (κ2) is 6.52. The van der Waals surface area contributed by atoms with Gasteiger partial charge < -0.3 is 9.84 Å². The van der Waals surface area contributed by atoms with E-state index in [1.54, 1.807) is 7.11 Å². The number of nitrogens with zero attached hydrogens (tertiary/aromatic N) is 1. The van der Waals surface area contributed by atoms with Crippen LogP contribution in [-0.4, -0.2) is 23.2 Å². The number of aliphatic carboxylic acids is 1. The van der Waals surface area contributed by atoms with Crippen molar-refractivity contribution in [3.63, 3.8) is 0 Å². The number of methoxy groups -OCH3 is 1. The van der Waals surface area contributed by atoms with Crippen LogP contribution in [0.4, 0.5) is 0 Å². The van der Waals surface area contributed by atoms with Gasteiger partial charge in [-0.3, -0.25) is 4.79 Å². The van der Waals surface area contributed by atoms with Gasteiger partial charge in [0.05, 0.1) is 18.0 Å². The van der Waals surface area contributed by atoms with Gasteiger partial charge in [-0.2, -0.15) is 0 Å². The lowest BCUT2D eigenvalue weighted by molar-refractivity contribution is -0.141. The number of carboxylic acid groups (broad SMARTS) is 1. The predicted molar refractivity (Wildman–Crippen MR) is 78.4 cm³/mol. The number of hydrogen-bond donors (Lipinski definition) is 1. The summed E-state index contributed by atoms with van der Waals surface area (Å²) in [6.45, 7) is 1.91. The molecular formula is C15H17NO3S. The van der Waals surface area contributed by atoms with Crippen molar-refractivity contribution in [1.29, 1.82) is 0 Å². The highest BCUT2D eigenvalue weighted by Crippen LogP contribution is 2.20. The molecule has 0 aliphatic heterocycles. The Morgan fingerprint density at radius 2 is 2.25 bits per heavy atom. The summed E-state index contributed by atoms with van der Waals surface area (Å²) in [7, 11) is 1.60. The van der Waals surface area contributed by atoms with Gasteiger partial charge in [-0.25, -0.2) is 4.98 Å². The van der Waals surface area contributed by atoms with Crippen LogP contribution in [0.15, 0.2) is 29.6 Å². The summed E-state index contributed by atoms with van der Waals surface area (Å²) in [6.07, 6.45) is 0.941. The molecule has 20 heavy (non-hydrogen) atoms. The van der Waals surface area contributed by atoms with Crippen molar-refractivity contribution in [2.45, 2.75) is 19.8 Å². The number of rotatable bonds is 6. The molecule has 1 aromatic heterocycles. The molecule has 0 bridgehead atoms. The lowest BCUT2D eigenvalue weighted by Gasteiger charge is -2.11. The summed E-state index contributed by atoms with van der Waals surface area (Å²) < 4.78 is 5.16. The third kappa shape index (κ3) is 3.81. The molecule has 0 aliphatic rings. The van der Waals surface area contributed by atoms with E-state index in [1.807, 2.05) is 36.6 Å². The third-order valence-electron chi connectivity index (χ3n) is 3.05. The SMILES string of the molecule is COc1cccc(CC(Cc2nc(C)cs2)C(=O)O)c1. The Morgan fingerprint density at radius 1 is 1.45 bits per heavy atom. The van der Waals surface area contributed by atoms with Gasteiger partial charge in [0.15, 0.2) is 0 Å². The lowest BCUT2D eigenvalue weighted by Crippen LogP contribution is -2.19. The molecule has 1 heterocycles. The molecule has 0 amide bonds. The molecule has 5 heteroatoms. The third-order valence-corrected chi connectivity index (χ3v) is 4.04. The van der Waals surface area contributed by atoms with E-state index in [1.165, 1.54) is 11.3 Å². The van der Waals surface area contributed by atoms with Crippen LogP contribution in [0.25, 0.3) is 0 Å². The Balaban J connectivity index is 2.10. The van der Waals surface area contributed by atoms with Crippen LogP contribution in [0.3, 0.4) is 0 Å². The van der Waals surface area contributed by atoms with Crippen LogP contribution in [0.2, 0.25) is 0 Å². The molecule has 1 aromatic carbocycles. The zero-order valence-electron chi connectivity index (χ0n) is 11.5. The number of benzene rings is 1. The summed E-state index contributed by atoms with van der Waals surface area (Å²) >= 11 is 1.51.